The minimum Gasteiger partial charge on any atom is -0.488 e. The van der Waals surface area contributed by atoms with Crippen molar-refractivity contribution < 1.29 is 9.53 Å². The van der Waals surface area contributed by atoms with Gasteiger partial charge in [0.15, 0.2) is 0 Å². The maximum Gasteiger partial charge on any atom is 0.261 e. The number of rotatable bonds is 8. The van der Waals surface area contributed by atoms with Gasteiger partial charge in [0.2, 0.25) is 0 Å². The molecule has 5 nitrogen and oxygen atoms in total. The number of carbonyl (C=O) groups is 1. The molecule has 0 radical (unpaired) electrons. The summed E-state index contributed by atoms with van der Waals surface area (Å²) in [5.41, 5.74) is 3.56. The fourth-order valence-electron chi connectivity index (χ4n) is 3.57. The van der Waals surface area contributed by atoms with Gasteiger partial charge >= 0.3 is 0 Å². The predicted molar refractivity (Wildman–Crippen MR) is 136 cm³/mol. The molecule has 0 saturated heterocycles. The van der Waals surface area contributed by atoms with Gasteiger partial charge in [0.25, 0.3) is 5.91 Å². The summed E-state index contributed by atoms with van der Waals surface area (Å²) in [6, 6.07) is 22.4. The monoisotopic (exact) mass is 489 g/mol. The summed E-state index contributed by atoms with van der Waals surface area (Å²) in [7, 11) is 0. The third kappa shape index (κ3) is 5.60. The van der Waals surface area contributed by atoms with E-state index in [4.69, 9.17) is 27.9 Å². The number of benzene rings is 3. The molecule has 4 aromatic rings. The lowest BCUT2D eigenvalue weighted by molar-refractivity contribution is -0.117. The molecule has 0 aliphatic rings. The standard InChI is InChI=1S/C27H21Cl2N3O2/c28-22-10-9-20(24(29)14-22)17-34-26-8-4-1-5-18(26)13-21(15-30)27(33)31-12-11-19-16-32-25-7-3-2-6-23(19)25/h1-10,13-14,16,32H,11-12,17H2,(H,31,33)/b21-13-. The first kappa shape index (κ1) is 23.4. The highest BCUT2D eigenvalue weighted by atomic mass is 35.5. The molecular weight excluding hydrogens is 469 g/mol. The molecule has 1 amide bonds. The van der Waals surface area contributed by atoms with Crippen LogP contribution in [0.2, 0.25) is 10.0 Å². The van der Waals surface area contributed by atoms with Crippen molar-refractivity contribution in [3.8, 4) is 11.8 Å². The number of nitriles is 1. The van der Waals surface area contributed by atoms with Crippen LogP contribution in [-0.2, 0) is 17.8 Å². The van der Waals surface area contributed by atoms with E-state index < -0.39 is 5.91 Å². The third-order valence-electron chi connectivity index (χ3n) is 5.34. The number of aromatic nitrogens is 1. The van der Waals surface area contributed by atoms with Gasteiger partial charge in [-0.3, -0.25) is 4.79 Å². The topological polar surface area (TPSA) is 77.9 Å². The van der Waals surface area contributed by atoms with Gasteiger partial charge in [0.1, 0.15) is 24.0 Å². The molecule has 0 unspecified atom stereocenters. The molecule has 0 aliphatic carbocycles. The van der Waals surface area contributed by atoms with Crippen molar-refractivity contribution >= 4 is 46.1 Å². The van der Waals surface area contributed by atoms with Gasteiger partial charge in [-0.1, -0.05) is 65.7 Å². The van der Waals surface area contributed by atoms with Crippen molar-refractivity contribution in [2.45, 2.75) is 13.0 Å². The zero-order chi connectivity index (χ0) is 23.9. The molecule has 0 atom stereocenters. The molecule has 0 fully saturated rings. The molecule has 3 aromatic carbocycles. The van der Waals surface area contributed by atoms with Crippen LogP contribution in [0.3, 0.4) is 0 Å². The van der Waals surface area contributed by atoms with E-state index in [2.05, 4.69) is 10.3 Å². The van der Waals surface area contributed by atoms with E-state index in [0.29, 0.717) is 34.3 Å². The predicted octanol–water partition coefficient (Wildman–Crippen LogP) is 6.32. The lowest BCUT2D eigenvalue weighted by atomic mass is 10.1. The number of H-pyrrole nitrogens is 1. The zero-order valence-electron chi connectivity index (χ0n) is 18.1. The first-order valence-corrected chi connectivity index (χ1v) is 11.4. The number of halogens is 2. The average molecular weight is 490 g/mol. The van der Waals surface area contributed by atoms with Crippen LogP contribution in [-0.4, -0.2) is 17.4 Å². The van der Waals surface area contributed by atoms with Crippen LogP contribution in [0.5, 0.6) is 5.75 Å². The molecule has 7 heteroatoms. The summed E-state index contributed by atoms with van der Waals surface area (Å²) >= 11 is 12.2. The van der Waals surface area contributed by atoms with Gasteiger partial charge in [0, 0.05) is 44.8 Å². The minimum atomic E-state index is -0.433. The highest BCUT2D eigenvalue weighted by Crippen LogP contribution is 2.26. The molecule has 0 aliphatic heterocycles. The molecule has 2 N–H and O–H groups in total. The van der Waals surface area contributed by atoms with Crippen molar-refractivity contribution in [3.63, 3.8) is 0 Å². The van der Waals surface area contributed by atoms with E-state index in [1.807, 2.05) is 48.7 Å². The smallest absolute Gasteiger partial charge is 0.261 e. The number of hydrogen-bond donors (Lipinski definition) is 2. The van der Waals surface area contributed by atoms with Crippen molar-refractivity contribution in [1.29, 1.82) is 5.26 Å². The number of fused-ring (bicyclic) bond motifs is 1. The van der Waals surface area contributed by atoms with Gasteiger partial charge in [-0.2, -0.15) is 5.26 Å². The normalized spacial score (nSPS) is 11.3. The maximum atomic E-state index is 12.7. The van der Waals surface area contributed by atoms with E-state index in [-0.39, 0.29) is 12.2 Å². The van der Waals surface area contributed by atoms with E-state index >= 15 is 0 Å². The summed E-state index contributed by atoms with van der Waals surface area (Å²) in [5.74, 6) is 0.103. The Hall–Kier alpha value is -3.72. The number of para-hydroxylation sites is 2. The molecule has 34 heavy (non-hydrogen) atoms. The minimum absolute atomic E-state index is 0.000461. The number of carbonyl (C=O) groups excluding carboxylic acids is 1. The van der Waals surface area contributed by atoms with Gasteiger partial charge in [0.05, 0.1) is 0 Å². The fraction of sp³-hybridized carbons (Fsp3) is 0.111. The Morgan fingerprint density at radius 2 is 1.85 bits per heavy atom. The van der Waals surface area contributed by atoms with E-state index in [9.17, 15) is 10.1 Å². The second-order valence-electron chi connectivity index (χ2n) is 7.60. The number of nitrogens with one attached hydrogen (secondary N) is 2. The Kier molecular flexibility index (Phi) is 7.54. The molecular formula is C27H21Cl2N3O2. The van der Waals surface area contributed by atoms with Crippen LogP contribution in [0.15, 0.2) is 78.5 Å². The first-order valence-electron chi connectivity index (χ1n) is 10.7. The van der Waals surface area contributed by atoms with Crippen LogP contribution in [0, 0.1) is 11.3 Å². The summed E-state index contributed by atoms with van der Waals surface area (Å²) in [6.45, 7) is 0.631. The molecule has 0 bridgehead atoms. The summed E-state index contributed by atoms with van der Waals surface area (Å²) in [5, 5.41) is 14.6. The highest BCUT2D eigenvalue weighted by Gasteiger charge is 2.12. The van der Waals surface area contributed by atoms with Crippen molar-refractivity contribution in [3.05, 3.63) is 105 Å². The van der Waals surface area contributed by atoms with Crippen molar-refractivity contribution in [1.82, 2.24) is 10.3 Å². The zero-order valence-corrected chi connectivity index (χ0v) is 19.7. The van der Waals surface area contributed by atoms with E-state index in [1.54, 1.807) is 30.3 Å². The summed E-state index contributed by atoms with van der Waals surface area (Å²) in [6.07, 6.45) is 4.12. The second kappa shape index (κ2) is 10.9. The van der Waals surface area contributed by atoms with Gasteiger partial charge in [-0.05, 0) is 42.3 Å². The van der Waals surface area contributed by atoms with Crippen LogP contribution in [0.25, 0.3) is 17.0 Å². The van der Waals surface area contributed by atoms with Crippen LogP contribution >= 0.6 is 23.2 Å². The highest BCUT2D eigenvalue weighted by molar-refractivity contribution is 6.35. The Balaban J connectivity index is 1.42. The molecule has 1 aromatic heterocycles. The Bertz CT molecular complexity index is 1400. The second-order valence-corrected chi connectivity index (χ2v) is 8.44. The maximum absolute atomic E-state index is 12.7. The molecule has 0 spiro atoms. The Labute approximate surface area is 207 Å². The summed E-state index contributed by atoms with van der Waals surface area (Å²) < 4.78 is 5.92. The number of ether oxygens (including phenoxy) is 1. The third-order valence-corrected chi connectivity index (χ3v) is 5.92. The number of nitrogens with zero attached hydrogens (tertiary/aromatic N) is 1. The Morgan fingerprint density at radius 3 is 2.68 bits per heavy atom. The van der Waals surface area contributed by atoms with Gasteiger partial charge in [-0.25, -0.2) is 0 Å². The first-order chi connectivity index (χ1) is 16.5. The summed E-state index contributed by atoms with van der Waals surface area (Å²) in [4.78, 5) is 15.9. The largest absolute Gasteiger partial charge is 0.488 e. The fourth-order valence-corrected chi connectivity index (χ4v) is 4.04. The number of amides is 1. The number of aromatic amines is 1. The van der Waals surface area contributed by atoms with E-state index in [1.165, 1.54) is 6.08 Å². The molecule has 170 valence electrons. The Morgan fingerprint density at radius 1 is 1.06 bits per heavy atom. The molecule has 1 heterocycles. The van der Waals surface area contributed by atoms with Gasteiger partial charge < -0.3 is 15.0 Å². The van der Waals surface area contributed by atoms with Crippen molar-refractivity contribution in [2.75, 3.05) is 6.54 Å². The lowest BCUT2D eigenvalue weighted by Gasteiger charge is -2.11. The van der Waals surface area contributed by atoms with E-state index in [0.717, 1.165) is 22.0 Å². The average Bonchev–Trinajstić information content (AvgIpc) is 3.25. The quantitative estimate of drug-likeness (QED) is 0.224. The SMILES string of the molecule is N#C/C(=C/c1ccccc1OCc1ccc(Cl)cc1Cl)C(=O)NCCc1c[nH]c2ccccc12. The lowest BCUT2D eigenvalue weighted by Crippen LogP contribution is -2.26. The van der Waals surface area contributed by atoms with Crippen LogP contribution < -0.4 is 10.1 Å². The van der Waals surface area contributed by atoms with Crippen LogP contribution in [0.1, 0.15) is 16.7 Å². The molecule has 4 rings (SSSR count). The molecule has 0 saturated carbocycles. The van der Waals surface area contributed by atoms with Crippen LogP contribution in [0.4, 0.5) is 0 Å². The number of hydrogen-bond acceptors (Lipinski definition) is 3. The van der Waals surface area contributed by atoms with Crippen molar-refractivity contribution in [2.24, 2.45) is 0 Å². The van der Waals surface area contributed by atoms with Gasteiger partial charge in [-0.15, -0.1) is 0 Å².